The van der Waals surface area contributed by atoms with Gasteiger partial charge in [0.15, 0.2) is 0 Å². The molecule has 1 heterocycles. The van der Waals surface area contributed by atoms with Gasteiger partial charge in [-0.15, -0.1) is 0 Å². The quantitative estimate of drug-likeness (QED) is 0.707. The first-order valence-corrected chi connectivity index (χ1v) is 7.61. The van der Waals surface area contributed by atoms with E-state index in [0.717, 1.165) is 0 Å². The van der Waals surface area contributed by atoms with Gasteiger partial charge in [-0.25, -0.2) is 4.39 Å². The number of nitrogens with one attached hydrogen (secondary N) is 2. The fraction of sp³-hybridized carbons (Fsp3) is 0.294. The Balaban J connectivity index is 2.08. The number of carbonyl (C=O) groups is 2. The fourth-order valence-electron chi connectivity index (χ4n) is 2.18. The van der Waals surface area contributed by atoms with Crippen molar-refractivity contribution < 1.29 is 23.5 Å². The molecule has 0 saturated heterocycles. The number of benzene rings is 1. The number of hydrogen-bond acceptors (Lipinski definition) is 4. The second kappa shape index (κ2) is 8.26. The van der Waals surface area contributed by atoms with Gasteiger partial charge in [0.25, 0.3) is 0 Å². The summed E-state index contributed by atoms with van der Waals surface area (Å²) in [5.41, 5.74) is 0.461. The molecular weight excluding hydrogens is 315 g/mol. The Hall–Kier alpha value is -2.67. The van der Waals surface area contributed by atoms with Gasteiger partial charge in [-0.2, -0.15) is 0 Å². The number of hydrogen-bond donors (Lipinski definition) is 3. The first-order valence-electron chi connectivity index (χ1n) is 7.61. The Morgan fingerprint density at radius 3 is 2.71 bits per heavy atom. The van der Waals surface area contributed by atoms with Crippen LogP contribution in [0.2, 0.25) is 0 Å². The van der Waals surface area contributed by atoms with E-state index < -0.39 is 17.6 Å². The maximum absolute atomic E-state index is 13.9. The number of furan rings is 1. The predicted octanol–water partition coefficient (Wildman–Crippen LogP) is 2.30. The molecule has 0 bridgehead atoms. The standard InChI is InChI=1S/C17H19FN2O4/c1-2-12(7-8-21)19-16(22)17(23)20-14-10-11(5-6-13(14)18)15-4-3-9-24-15/h3-6,9-10,12,21H,2,7-8H2,1H3,(H,19,22)(H,20,23). The molecule has 0 radical (unpaired) electrons. The summed E-state index contributed by atoms with van der Waals surface area (Å²) in [5, 5.41) is 13.7. The summed E-state index contributed by atoms with van der Waals surface area (Å²) in [6.07, 6.45) is 2.40. The highest BCUT2D eigenvalue weighted by molar-refractivity contribution is 6.39. The fourth-order valence-corrected chi connectivity index (χ4v) is 2.18. The van der Waals surface area contributed by atoms with Crippen LogP contribution in [-0.2, 0) is 9.59 Å². The molecule has 0 aliphatic carbocycles. The van der Waals surface area contributed by atoms with Crippen LogP contribution in [0, 0.1) is 5.82 Å². The van der Waals surface area contributed by atoms with Crippen molar-refractivity contribution in [1.82, 2.24) is 5.32 Å². The van der Waals surface area contributed by atoms with Gasteiger partial charge in [0.2, 0.25) is 0 Å². The summed E-state index contributed by atoms with van der Waals surface area (Å²) in [5.74, 6) is -1.99. The number of aliphatic hydroxyl groups excluding tert-OH is 1. The minimum Gasteiger partial charge on any atom is -0.464 e. The number of amides is 2. The summed E-state index contributed by atoms with van der Waals surface area (Å²) < 4.78 is 19.1. The van der Waals surface area contributed by atoms with Crippen LogP contribution in [0.4, 0.5) is 10.1 Å². The number of carbonyl (C=O) groups excluding carboxylic acids is 2. The molecule has 128 valence electrons. The van der Waals surface area contributed by atoms with E-state index in [1.807, 2.05) is 6.92 Å². The van der Waals surface area contributed by atoms with Gasteiger partial charge < -0.3 is 20.2 Å². The topological polar surface area (TPSA) is 91.6 Å². The summed E-state index contributed by atoms with van der Waals surface area (Å²) in [6, 6.07) is 7.17. The lowest BCUT2D eigenvalue weighted by molar-refractivity contribution is -0.136. The lowest BCUT2D eigenvalue weighted by Gasteiger charge is -2.15. The number of halogens is 1. The minimum absolute atomic E-state index is 0.0970. The first-order chi connectivity index (χ1) is 11.5. The molecule has 1 atom stereocenters. The second-order valence-electron chi connectivity index (χ2n) is 5.22. The molecule has 2 amide bonds. The van der Waals surface area contributed by atoms with Crippen LogP contribution in [0.15, 0.2) is 41.0 Å². The molecule has 2 aromatic rings. The summed E-state index contributed by atoms with van der Waals surface area (Å²) in [4.78, 5) is 23.8. The zero-order valence-electron chi connectivity index (χ0n) is 13.2. The van der Waals surface area contributed by atoms with Crippen molar-refractivity contribution in [2.45, 2.75) is 25.8 Å². The summed E-state index contributed by atoms with van der Waals surface area (Å²) in [6.45, 7) is 1.73. The van der Waals surface area contributed by atoms with Crippen LogP contribution in [0.5, 0.6) is 0 Å². The molecule has 0 saturated carbocycles. The van der Waals surface area contributed by atoms with Crippen LogP contribution in [0.1, 0.15) is 19.8 Å². The lowest BCUT2D eigenvalue weighted by atomic mass is 10.1. The van der Waals surface area contributed by atoms with Crippen LogP contribution in [0.3, 0.4) is 0 Å². The van der Waals surface area contributed by atoms with E-state index in [4.69, 9.17) is 9.52 Å². The zero-order chi connectivity index (χ0) is 17.5. The summed E-state index contributed by atoms with van der Waals surface area (Å²) in [7, 11) is 0. The van der Waals surface area contributed by atoms with E-state index in [-0.39, 0.29) is 18.3 Å². The van der Waals surface area contributed by atoms with E-state index in [9.17, 15) is 14.0 Å². The molecule has 3 N–H and O–H groups in total. The Morgan fingerprint density at radius 1 is 1.29 bits per heavy atom. The normalized spacial score (nSPS) is 11.8. The molecule has 1 unspecified atom stereocenters. The van der Waals surface area contributed by atoms with E-state index in [1.54, 1.807) is 12.1 Å². The van der Waals surface area contributed by atoms with E-state index in [0.29, 0.717) is 24.2 Å². The molecule has 0 fully saturated rings. The van der Waals surface area contributed by atoms with Crippen molar-refractivity contribution in [2.75, 3.05) is 11.9 Å². The predicted molar refractivity (Wildman–Crippen MR) is 86.7 cm³/mol. The Bertz CT molecular complexity index is 701. The van der Waals surface area contributed by atoms with Crippen molar-refractivity contribution >= 4 is 17.5 Å². The average Bonchev–Trinajstić information content (AvgIpc) is 3.10. The first kappa shape index (κ1) is 17.7. The smallest absolute Gasteiger partial charge is 0.313 e. The van der Waals surface area contributed by atoms with E-state index in [2.05, 4.69) is 10.6 Å². The van der Waals surface area contributed by atoms with Crippen molar-refractivity contribution in [2.24, 2.45) is 0 Å². The Labute approximate surface area is 138 Å². The molecule has 0 aliphatic rings. The van der Waals surface area contributed by atoms with Gasteiger partial charge in [-0.05, 0) is 43.2 Å². The lowest BCUT2D eigenvalue weighted by Crippen LogP contribution is -2.42. The average molecular weight is 334 g/mol. The number of rotatable bonds is 6. The maximum Gasteiger partial charge on any atom is 0.313 e. The van der Waals surface area contributed by atoms with Gasteiger partial charge in [-0.3, -0.25) is 9.59 Å². The Morgan fingerprint density at radius 2 is 2.08 bits per heavy atom. The molecule has 6 nitrogen and oxygen atoms in total. The number of aliphatic hydroxyl groups is 1. The minimum atomic E-state index is -0.970. The third kappa shape index (κ3) is 4.42. The van der Waals surface area contributed by atoms with Crippen molar-refractivity contribution in [3.63, 3.8) is 0 Å². The number of anilines is 1. The van der Waals surface area contributed by atoms with Crippen molar-refractivity contribution in [1.29, 1.82) is 0 Å². The highest BCUT2D eigenvalue weighted by atomic mass is 19.1. The molecule has 1 aromatic heterocycles. The van der Waals surface area contributed by atoms with Crippen LogP contribution < -0.4 is 10.6 Å². The highest BCUT2D eigenvalue weighted by Crippen LogP contribution is 2.25. The molecule has 0 aliphatic heterocycles. The van der Waals surface area contributed by atoms with Gasteiger partial charge >= 0.3 is 11.8 Å². The molecule has 24 heavy (non-hydrogen) atoms. The van der Waals surface area contributed by atoms with Crippen LogP contribution >= 0.6 is 0 Å². The largest absolute Gasteiger partial charge is 0.464 e. The molecule has 0 spiro atoms. The van der Waals surface area contributed by atoms with Crippen molar-refractivity contribution in [3.05, 3.63) is 42.4 Å². The van der Waals surface area contributed by atoms with Gasteiger partial charge in [-0.1, -0.05) is 6.92 Å². The van der Waals surface area contributed by atoms with Gasteiger partial charge in [0.1, 0.15) is 11.6 Å². The van der Waals surface area contributed by atoms with E-state index >= 15 is 0 Å². The van der Waals surface area contributed by atoms with Crippen LogP contribution in [-0.4, -0.2) is 29.6 Å². The van der Waals surface area contributed by atoms with Gasteiger partial charge in [0.05, 0.1) is 12.0 Å². The molecule has 1 aromatic carbocycles. The van der Waals surface area contributed by atoms with Gasteiger partial charge in [0, 0.05) is 18.2 Å². The molecular formula is C17H19FN2O4. The molecule has 7 heteroatoms. The zero-order valence-corrected chi connectivity index (χ0v) is 13.2. The summed E-state index contributed by atoms with van der Waals surface area (Å²) >= 11 is 0. The monoisotopic (exact) mass is 334 g/mol. The maximum atomic E-state index is 13.9. The molecule has 2 rings (SSSR count). The third-order valence-electron chi connectivity index (χ3n) is 3.53. The Kier molecular flexibility index (Phi) is 6.08. The van der Waals surface area contributed by atoms with Crippen molar-refractivity contribution in [3.8, 4) is 11.3 Å². The SMILES string of the molecule is CCC(CCO)NC(=O)C(=O)Nc1cc(-c2ccco2)ccc1F. The highest BCUT2D eigenvalue weighted by Gasteiger charge is 2.19. The third-order valence-corrected chi connectivity index (χ3v) is 3.53. The van der Waals surface area contributed by atoms with E-state index in [1.165, 1.54) is 24.5 Å². The second-order valence-corrected chi connectivity index (χ2v) is 5.22. The van der Waals surface area contributed by atoms with Crippen LogP contribution in [0.25, 0.3) is 11.3 Å².